The third-order valence-electron chi connectivity index (χ3n) is 3.06. The quantitative estimate of drug-likeness (QED) is 0.606. The van der Waals surface area contributed by atoms with Gasteiger partial charge in [0, 0.05) is 24.2 Å². The average Bonchev–Trinajstić information content (AvgIpc) is 2.18. The summed E-state index contributed by atoms with van der Waals surface area (Å²) in [5.74, 6) is 0.713. The number of aliphatic hydroxyl groups excluding tert-OH is 1. The molecule has 4 nitrogen and oxygen atoms in total. The highest BCUT2D eigenvalue weighted by Crippen LogP contribution is 2.29. The average molecular weight is 225 g/mol. The Kier molecular flexibility index (Phi) is 3.86. The van der Waals surface area contributed by atoms with Crippen LogP contribution in [-0.4, -0.2) is 29.2 Å². The van der Waals surface area contributed by atoms with E-state index in [9.17, 15) is 5.11 Å². The molecule has 5 N–H and O–H groups in total. The van der Waals surface area contributed by atoms with Gasteiger partial charge in [-0.05, 0) is 25.5 Å². The summed E-state index contributed by atoms with van der Waals surface area (Å²) in [6, 6.07) is 0. The monoisotopic (exact) mass is 225 g/mol. The number of hydrogen-bond donors (Lipinski definition) is 3. The molecule has 4 heteroatoms. The maximum atomic E-state index is 9.84. The van der Waals surface area contributed by atoms with Gasteiger partial charge in [-0.1, -0.05) is 13.8 Å². The van der Waals surface area contributed by atoms with Crippen molar-refractivity contribution in [2.75, 3.05) is 13.1 Å². The SMILES string of the molecule is C/C(N)=C/C=C(\N)N1CCC(O)C(C)(C)C1. The van der Waals surface area contributed by atoms with Crippen molar-refractivity contribution in [3.63, 3.8) is 0 Å². The van der Waals surface area contributed by atoms with Gasteiger partial charge in [0.25, 0.3) is 0 Å². The minimum absolute atomic E-state index is 0.113. The number of aliphatic hydroxyl groups is 1. The van der Waals surface area contributed by atoms with Gasteiger partial charge in [0.05, 0.1) is 11.9 Å². The van der Waals surface area contributed by atoms with E-state index in [1.807, 2.05) is 13.0 Å². The summed E-state index contributed by atoms with van der Waals surface area (Å²) in [4.78, 5) is 2.09. The number of likely N-dealkylation sites (tertiary alicyclic amines) is 1. The summed E-state index contributed by atoms with van der Waals surface area (Å²) in [5.41, 5.74) is 12.1. The predicted octanol–water partition coefficient (Wildman–Crippen LogP) is 0.742. The minimum Gasteiger partial charge on any atom is -0.402 e. The van der Waals surface area contributed by atoms with Crippen molar-refractivity contribution >= 4 is 0 Å². The van der Waals surface area contributed by atoms with Crippen LogP contribution in [0.4, 0.5) is 0 Å². The number of hydrogen-bond acceptors (Lipinski definition) is 4. The Morgan fingerprint density at radius 1 is 1.38 bits per heavy atom. The lowest BCUT2D eigenvalue weighted by Crippen LogP contribution is -2.49. The van der Waals surface area contributed by atoms with Crippen LogP contribution in [0, 0.1) is 5.41 Å². The molecular formula is C12H23N3O. The van der Waals surface area contributed by atoms with E-state index in [0.29, 0.717) is 5.82 Å². The van der Waals surface area contributed by atoms with Gasteiger partial charge in [-0.25, -0.2) is 0 Å². The Morgan fingerprint density at radius 2 is 2.00 bits per heavy atom. The molecule has 1 rings (SSSR count). The second kappa shape index (κ2) is 4.78. The summed E-state index contributed by atoms with van der Waals surface area (Å²) < 4.78 is 0. The summed E-state index contributed by atoms with van der Waals surface area (Å²) in [6.45, 7) is 7.51. The second-order valence-corrected chi connectivity index (χ2v) is 5.22. The van der Waals surface area contributed by atoms with E-state index in [1.165, 1.54) is 0 Å². The number of nitrogens with two attached hydrogens (primary N) is 2. The van der Waals surface area contributed by atoms with Gasteiger partial charge in [0.1, 0.15) is 0 Å². The Morgan fingerprint density at radius 3 is 2.50 bits per heavy atom. The highest BCUT2D eigenvalue weighted by Gasteiger charge is 2.34. The van der Waals surface area contributed by atoms with Crippen LogP contribution in [-0.2, 0) is 0 Å². The Bertz CT molecular complexity index is 303. The first-order valence-electron chi connectivity index (χ1n) is 5.65. The Labute approximate surface area is 97.6 Å². The van der Waals surface area contributed by atoms with E-state index in [-0.39, 0.29) is 11.5 Å². The smallest absolute Gasteiger partial charge is 0.0987 e. The van der Waals surface area contributed by atoms with Crippen molar-refractivity contribution in [3.05, 3.63) is 23.7 Å². The maximum Gasteiger partial charge on any atom is 0.0987 e. The molecule has 0 amide bonds. The summed E-state index contributed by atoms with van der Waals surface area (Å²) in [6.07, 6.45) is 4.13. The van der Waals surface area contributed by atoms with E-state index in [1.54, 1.807) is 6.08 Å². The number of nitrogens with zero attached hydrogens (tertiary/aromatic N) is 1. The number of rotatable bonds is 2. The van der Waals surface area contributed by atoms with E-state index in [2.05, 4.69) is 18.7 Å². The molecule has 1 atom stereocenters. The molecule has 1 aliphatic heterocycles. The van der Waals surface area contributed by atoms with Crippen LogP contribution in [0.15, 0.2) is 23.7 Å². The lowest BCUT2D eigenvalue weighted by molar-refractivity contribution is -0.0141. The van der Waals surface area contributed by atoms with Crippen molar-refractivity contribution in [1.82, 2.24) is 4.90 Å². The molecule has 0 radical (unpaired) electrons. The molecule has 0 aromatic carbocycles. The first-order valence-corrected chi connectivity index (χ1v) is 5.65. The van der Waals surface area contributed by atoms with Gasteiger partial charge < -0.3 is 21.5 Å². The minimum atomic E-state index is -0.247. The first-order chi connectivity index (χ1) is 7.33. The van der Waals surface area contributed by atoms with Crippen LogP contribution < -0.4 is 11.5 Å². The molecule has 0 aliphatic carbocycles. The summed E-state index contributed by atoms with van der Waals surface area (Å²) >= 11 is 0. The lowest BCUT2D eigenvalue weighted by atomic mass is 9.81. The molecule has 92 valence electrons. The molecule has 1 aliphatic rings. The van der Waals surface area contributed by atoms with Crippen molar-refractivity contribution in [3.8, 4) is 0 Å². The molecular weight excluding hydrogens is 202 g/mol. The fourth-order valence-corrected chi connectivity index (χ4v) is 1.89. The fourth-order valence-electron chi connectivity index (χ4n) is 1.89. The summed E-state index contributed by atoms with van der Waals surface area (Å²) in [5, 5.41) is 9.84. The Balaban J connectivity index is 2.69. The van der Waals surface area contributed by atoms with Crippen molar-refractivity contribution in [2.24, 2.45) is 16.9 Å². The van der Waals surface area contributed by atoms with Gasteiger partial charge in [-0.2, -0.15) is 0 Å². The van der Waals surface area contributed by atoms with Gasteiger partial charge in [0.15, 0.2) is 0 Å². The van der Waals surface area contributed by atoms with Gasteiger partial charge >= 0.3 is 0 Å². The van der Waals surface area contributed by atoms with E-state index in [0.717, 1.165) is 25.2 Å². The van der Waals surface area contributed by atoms with Crippen LogP contribution in [0.3, 0.4) is 0 Å². The molecule has 0 aromatic heterocycles. The van der Waals surface area contributed by atoms with Crippen molar-refractivity contribution in [2.45, 2.75) is 33.3 Å². The molecule has 1 unspecified atom stereocenters. The number of piperidine rings is 1. The van der Waals surface area contributed by atoms with Crippen LogP contribution in [0.2, 0.25) is 0 Å². The van der Waals surface area contributed by atoms with E-state index >= 15 is 0 Å². The van der Waals surface area contributed by atoms with Gasteiger partial charge in [-0.3, -0.25) is 0 Å². The zero-order valence-corrected chi connectivity index (χ0v) is 10.4. The summed E-state index contributed by atoms with van der Waals surface area (Å²) in [7, 11) is 0. The normalized spacial score (nSPS) is 27.0. The van der Waals surface area contributed by atoms with Crippen LogP contribution in [0.5, 0.6) is 0 Å². The van der Waals surface area contributed by atoms with Crippen molar-refractivity contribution in [1.29, 1.82) is 0 Å². The molecule has 0 spiro atoms. The second-order valence-electron chi connectivity index (χ2n) is 5.22. The molecule has 0 bridgehead atoms. The van der Waals surface area contributed by atoms with E-state index in [4.69, 9.17) is 11.5 Å². The van der Waals surface area contributed by atoms with E-state index < -0.39 is 0 Å². The Hall–Kier alpha value is -1.16. The van der Waals surface area contributed by atoms with Crippen LogP contribution in [0.25, 0.3) is 0 Å². The fraction of sp³-hybridized carbons (Fsp3) is 0.667. The highest BCUT2D eigenvalue weighted by atomic mass is 16.3. The zero-order valence-electron chi connectivity index (χ0n) is 10.4. The third-order valence-corrected chi connectivity index (χ3v) is 3.06. The highest BCUT2D eigenvalue weighted by molar-refractivity contribution is 5.13. The molecule has 1 heterocycles. The maximum absolute atomic E-state index is 9.84. The molecule has 16 heavy (non-hydrogen) atoms. The standard InChI is InChI=1S/C12H23N3O/c1-9(13)4-5-11(14)15-7-6-10(16)12(2,3)8-15/h4-5,10,16H,6-8,13-14H2,1-3H3/b9-4-,11-5+. The predicted molar refractivity (Wildman–Crippen MR) is 66.2 cm³/mol. The topological polar surface area (TPSA) is 75.5 Å². The molecule has 1 fully saturated rings. The largest absolute Gasteiger partial charge is 0.402 e. The molecule has 0 saturated carbocycles. The van der Waals surface area contributed by atoms with Crippen LogP contribution in [0.1, 0.15) is 27.2 Å². The van der Waals surface area contributed by atoms with Crippen LogP contribution >= 0.6 is 0 Å². The first kappa shape index (κ1) is 12.9. The third kappa shape index (κ3) is 3.17. The number of allylic oxidation sites excluding steroid dienone is 3. The lowest BCUT2D eigenvalue weighted by Gasteiger charge is -2.42. The molecule has 0 aromatic rings. The molecule has 1 saturated heterocycles. The zero-order chi connectivity index (χ0) is 12.3. The van der Waals surface area contributed by atoms with Gasteiger partial charge in [0.2, 0.25) is 0 Å². The van der Waals surface area contributed by atoms with Crippen molar-refractivity contribution < 1.29 is 5.11 Å². The van der Waals surface area contributed by atoms with Gasteiger partial charge in [-0.15, -0.1) is 0 Å².